The predicted octanol–water partition coefficient (Wildman–Crippen LogP) is 3.43. The van der Waals surface area contributed by atoms with E-state index >= 15 is 0 Å². The van der Waals surface area contributed by atoms with E-state index in [1.54, 1.807) is 0 Å². The maximum atomic E-state index is 9.22. The number of rotatable bonds is 5. The van der Waals surface area contributed by atoms with Gasteiger partial charge in [-0.3, -0.25) is 0 Å². The second-order valence-corrected chi connectivity index (χ2v) is 5.39. The van der Waals surface area contributed by atoms with Gasteiger partial charge in [0.1, 0.15) is 0 Å². The zero-order chi connectivity index (χ0) is 12.1. The highest BCUT2D eigenvalue weighted by Crippen LogP contribution is 2.21. The molecule has 0 heterocycles. The molecule has 0 bridgehead atoms. The molecule has 1 aromatic rings. The van der Waals surface area contributed by atoms with Crippen molar-refractivity contribution in [1.29, 1.82) is 0 Å². The van der Waals surface area contributed by atoms with Crippen LogP contribution in [0.5, 0.6) is 0 Å². The minimum atomic E-state index is 0.234. The van der Waals surface area contributed by atoms with Crippen molar-refractivity contribution in [2.75, 3.05) is 18.5 Å². The summed E-state index contributed by atoms with van der Waals surface area (Å²) in [5.74, 6) is 0.798. The van der Waals surface area contributed by atoms with Gasteiger partial charge in [-0.15, -0.1) is 0 Å². The Kier molecular flexibility index (Phi) is 5.29. The van der Waals surface area contributed by atoms with E-state index in [1.807, 2.05) is 0 Å². The monoisotopic (exact) mass is 285 g/mol. The number of halogens is 1. The minimum Gasteiger partial charge on any atom is -0.396 e. The fourth-order valence-corrected chi connectivity index (χ4v) is 1.84. The molecular weight excluding hydrogens is 266 g/mol. The molecule has 90 valence electrons. The summed E-state index contributed by atoms with van der Waals surface area (Å²) >= 11 is 3.51. The molecular formula is C13H20BrNO. The summed E-state index contributed by atoms with van der Waals surface area (Å²) in [6.07, 6.45) is 0. The van der Waals surface area contributed by atoms with Crippen molar-refractivity contribution in [3.05, 3.63) is 28.2 Å². The molecule has 16 heavy (non-hydrogen) atoms. The van der Waals surface area contributed by atoms with Gasteiger partial charge < -0.3 is 10.4 Å². The average molecular weight is 286 g/mol. The van der Waals surface area contributed by atoms with Crippen LogP contribution in [0.3, 0.4) is 0 Å². The molecule has 3 heteroatoms. The number of benzene rings is 1. The lowest BCUT2D eigenvalue weighted by Crippen LogP contribution is -2.22. The van der Waals surface area contributed by atoms with Crippen molar-refractivity contribution in [3.8, 4) is 0 Å². The zero-order valence-electron chi connectivity index (χ0n) is 10.1. The lowest BCUT2D eigenvalue weighted by atomic mass is 9.97. The quantitative estimate of drug-likeness (QED) is 0.869. The van der Waals surface area contributed by atoms with Gasteiger partial charge in [-0.25, -0.2) is 0 Å². The topological polar surface area (TPSA) is 32.3 Å². The Morgan fingerprint density at radius 1 is 1.38 bits per heavy atom. The summed E-state index contributed by atoms with van der Waals surface area (Å²) in [5, 5.41) is 12.6. The van der Waals surface area contributed by atoms with E-state index in [9.17, 15) is 5.11 Å². The molecule has 0 aliphatic rings. The molecule has 0 fully saturated rings. The van der Waals surface area contributed by atoms with Gasteiger partial charge in [-0.2, -0.15) is 0 Å². The van der Waals surface area contributed by atoms with Gasteiger partial charge >= 0.3 is 0 Å². The van der Waals surface area contributed by atoms with Gasteiger partial charge in [0.25, 0.3) is 0 Å². The molecule has 0 saturated carbocycles. The molecule has 1 atom stereocenters. The van der Waals surface area contributed by atoms with Crippen LogP contribution in [0.1, 0.15) is 19.4 Å². The Bertz CT molecular complexity index is 339. The molecule has 0 aliphatic carbocycles. The maximum absolute atomic E-state index is 9.22. The first-order valence-electron chi connectivity index (χ1n) is 5.65. The maximum Gasteiger partial charge on any atom is 0.0478 e. The normalized spacial score (nSPS) is 12.9. The van der Waals surface area contributed by atoms with Crippen molar-refractivity contribution in [1.82, 2.24) is 0 Å². The Morgan fingerprint density at radius 3 is 2.56 bits per heavy atom. The second kappa shape index (κ2) is 6.26. The number of nitrogens with one attached hydrogen (secondary N) is 1. The molecule has 2 N–H and O–H groups in total. The Balaban J connectivity index is 2.57. The Labute approximate surface area is 106 Å². The molecule has 0 amide bonds. The van der Waals surface area contributed by atoms with Crippen LogP contribution in [-0.4, -0.2) is 18.3 Å². The van der Waals surface area contributed by atoms with Crippen LogP contribution >= 0.6 is 15.9 Å². The molecule has 0 aliphatic heterocycles. The first-order valence-corrected chi connectivity index (χ1v) is 6.44. The first kappa shape index (κ1) is 13.5. The van der Waals surface area contributed by atoms with E-state index in [4.69, 9.17) is 0 Å². The van der Waals surface area contributed by atoms with Crippen molar-refractivity contribution in [3.63, 3.8) is 0 Å². The van der Waals surface area contributed by atoms with E-state index in [0.29, 0.717) is 11.8 Å². The van der Waals surface area contributed by atoms with Gasteiger partial charge in [0.05, 0.1) is 0 Å². The third kappa shape index (κ3) is 3.80. The van der Waals surface area contributed by atoms with E-state index in [0.717, 1.165) is 16.7 Å². The highest BCUT2D eigenvalue weighted by molar-refractivity contribution is 9.10. The van der Waals surface area contributed by atoms with Crippen molar-refractivity contribution < 1.29 is 5.11 Å². The molecule has 2 nitrogen and oxygen atoms in total. The molecule has 1 unspecified atom stereocenters. The van der Waals surface area contributed by atoms with E-state index in [2.05, 4.69) is 60.2 Å². The predicted molar refractivity (Wildman–Crippen MR) is 72.8 cm³/mol. The summed E-state index contributed by atoms with van der Waals surface area (Å²) in [6.45, 7) is 7.38. The number of hydrogen-bond acceptors (Lipinski definition) is 2. The van der Waals surface area contributed by atoms with E-state index in [-0.39, 0.29) is 6.61 Å². The minimum absolute atomic E-state index is 0.234. The van der Waals surface area contributed by atoms with Crippen LogP contribution in [-0.2, 0) is 0 Å². The Hall–Kier alpha value is -0.540. The fourth-order valence-electron chi connectivity index (χ4n) is 1.46. The molecule has 1 rings (SSSR count). The van der Waals surface area contributed by atoms with Crippen LogP contribution in [0.15, 0.2) is 22.7 Å². The average Bonchev–Trinajstić information content (AvgIpc) is 2.23. The lowest BCUT2D eigenvalue weighted by Gasteiger charge is -2.19. The summed E-state index contributed by atoms with van der Waals surface area (Å²) in [5.41, 5.74) is 2.32. The van der Waals surface area contributed by atoms with Crippen LogP contribution in [0.25, 0.3) is 0 Å². The summed E-state index contributed by atoms with van der Waals surface area (Å²) in [4.78, 5) is 0. The van der Waals surface area contributed by atoms with Crippen LogP contribution in [0.2, 0.25) is 0 Å². The zero-order valence-corrected chi connectivity index (χ0v) is 11.7. The highest BCUT2D eigenvalue weighted by Gasteiger charge is 2.11. The lowest BCUT2D eigenvalue weighted by molar-refractivity contribution is 0.198. The van der Waals surface area contributed by atoms with Gasteiger partial charge in [0, 0.05) is 29.2 Å². The van der Waals surface area contributed by atoms with Crippen molar-refractivity contribution >= 4 is 21.6 Å². The SMILES string of the molecule is Cc1ccc(NCC(CO)C(C)C)cc1Br. The smallest absolute Gasteiger partial charge is 0.0478 e. The van der Waals surface area contributed by atoms with Crippen LogP contribution < -0.4 is 5.32 Å². The van der Waals surface area contributed by atoms with Crippen LogP contribution in [0, 0.1) is 18.8 Å². The second-order valence-electron chi connectivity index (χ2n) is 4.53. The molecule has 0 saturated heterocycles. The number of hydrogen-bond donors (Lipinski definition) is 2. The standard InChI is InChI=1S/C13H20BrNO/c1-9(2)11(8-16)7-15-12-5-4-10(3)13(14)6-12/h4-6,9,11,15-16H,7-8H2,1-3H3. The third-order valence-electron chi connectivity index (χ3n) is 2.92. The molecule has 0 aromatic heterocycles. The molecule has 0 spiro atoms. The molecule has 0 radical (unpaired) electrons. The Morgan fingerprint density at radius 2 is 2.06 bits per heavy atom. The van der Waals surface area contributed by atoms with Gasteiger partial charge in [0.2, 0.25) is 0 Å². The molecule has 1 aromatic carbocycles. The van der Waals surface area contributed by atoms with Gasteiger partial charge in [0.15, 0.2) is 0 Å². The first-order chi connectivity index (χ1) is 7.54. The summed E-state index contributed by atoms with van der Waals surface area (Å²) in [7, 11) is 0. The van der Waals surface area contributed by atoms with Gasteiger partial charge in [-0.1, -0.05) is 35.8 Å². The third-order valence-corrected chi connectivity index (χ3v) is 3.77. The van der Waals surface area contributed by atoms with E-state index in [1.165, 1.54) is 5.56 Å². The summed E-state index contributed by atoms with van der Waals surface area (Å²) in [6, 6.07) is 6.22. The van der Waals surface area contributed by atoms with Gasteiger partial charge in [-0.05, 0) is 30.5 Å². The number of aryl methyl sites for hydroxylation is 1. The van der Waals surface area contributed by atoms with Crippen molar-refractivity contribution in [2.24, 2.45) is 11.8 Å². The number of anilines is 1. The number of aliphatic hydroxyl groups is 1. The van der Waals surface area contributed by atoms with Crippen molar-refractivity contribution in [2.45, 2.75) is 20.8 Å². The highest BCUT2D eigenvalue weighted by atomic mass is 79.9. The fraction of sp³-hybridized carbons (Fsp3) is 0.538. The summed E-state index contributed by atoms with van der Waals surface area (Å²) < 4.78 is 1.11. The largest absolute Gasteiger partial charge is 0.396 e. The van der Waals surface area contributed by atoms with Crippen LogP contribution in [0.4, 0.5) is 5.69 Å². The number of aliphatic hydroxyl groups excluding tert-OH is 1. The van der Waals surface area contributed by atoms with E-state index < -0.39 is 0 Å².